The number of halogens is 1. The van der Waals surface area contributed by atoms with E-state index in [1.165, 1.54) is 6.42 Å². The molecule has 20 heavy (non-hydrogen) atoms. The predicted molar refractivity (Wildman–Crippen MR) is 80.3 cm³/mol. The maximum absolute atomic E-state index is 6.20. The first kappa shape index (κ1) is 15.5. The van der Waals surface area contributed by atoms with Gasteiger partial charge in [-0.05, 0) is 43.9 Å². The van der Waals surface area contributed by atoms with Crippen LogP contribution in [0.15, 0.2) is 12.3 Å². The summed E-state index contributed by atoms with van der Waals surface area (Å²) < 4.78 is 11.3. The highest BCUT2D eigenvalue weighted by Crippen LogP contribution is 2.23. The quantitative estimate of drug-likeness (QED) is 0.785. The molecule has 0 spiro atoms. The highest BCUT2D eigenvalue weighted by molar-refractivity contribution is 6.31. The second-order valence-electron chi connectivity index (χ2n) is 5.11. The summed E-state index contributed by atoms with van der Waals surface area (Å²) >= 11 is 6.20. The van der Waals surface area contributed by atoms with Crippen LogP contribution in [-0.4, -0.2) is 30.8 Å². The smallest absolute Gasteiger partial charge is 0.232 e. The van der Waals surface area contributed by atoms with E-state index in [1.54, 1.807) is 0 Å². The number of hydrogen-bond acceptors (Lipinski definition) is 4. The van der Waals surface area contributed by atoms with E-state index in [-0.39, 0.29) is 6.10 Å². The van der Waals surface area contributed by atoms with Crippen LogP contribution in [0.4, 0.5) is 0 Å². The van der Waals surface area contributed by atoms with Gasteiger partial charge >= 0.3 is 0 Å². The van der Waals surface area contributed by atoms with Crippen LogP contribution in [0, 0.1) is 0 Å². The lowest BCUT2D eigenvalue weighted by molar-refractivity contribution is -0.0119. The zero-order chi connectivity index (χ0) is 14.2. The van der Waals surface area contributed by atoms with Crippen molar-refractivity contribution in [1.29, 1.82) is 0 Å². The van der Waals surface area contributed by atoms with Gasteiger partial charge in [0.1, 0.15) is 11.6 Å². The summed E-state index contributed by atoms with van der Waals surface area (Å²) in [5, 5.41) is 3.89. The minimum atomic E-state index is 0.174. The Labute approximate surface area is 125 Å². The average molecular weight is 299 g/mol. The monoisotopic (exact) mass is 298 g/mol. The van der Waals surface area contributed by atoms with Crippen molar-refractivity contribution in [2.75, 3.05) is 19.8 Å². The van der Waals surface area contributed by atoms with Gasteiger partial charge < -0.3 is 14.8 Å². The molecular weight excluding hydrogens is 276 g/mol. The molecule has 1 aliphatic heterocycles. The third-order valence-corrected chi connectivity index (χ3v) is 3.57. The summed E-state index contributed by atoms with van der Waals surface area (Å²) in [5.74, 6) is 0.500. The van der Waals surface area contributed by atoms with Gasteiger partial charge in [-0.2, -0.15) is 0 Å². The van der Waals surface area contributed by atoms with Gasteiger partial charge in [-0.15, -0.1) is 0 Å². The highest BCUT2D eigenvalue weighted by atomic mass is 35.5. The van der Waals surface area contributed by atoms with Crippen LogP contribution < -0.4 is 10.1 Å². The van der Waals surface area contributed by atoms with Crippen molar-refractivity contribution in [2.24, 2.45) is 0 Å². The molecule has 0 radical (unpaired) electrons. The van der Waals surface area contributed by atoms with Crippen molar-refractivity contribution in [2.45, 2.75) is 45.3 Å². The zero-order valence-electron chi connectivity index (χ0n) is 12.0. The number of aromatic nitrogens is 1. The third-order valence-electron chi connectivity index (χ3n) is 3.30. The minimum absolute atomic E-state index is 0.174. The van der Waals surface area contributed by atoms with E-state index in [4.69, 9.17) is 21.1 Å². The van der Waals surface area contributed by atoms with Crippen LogP contribution in [0.3, 0.4) is 0 Å². The Kier molecular flexibility index (Phi) is 6.57. The summed E-state index contributed by atoms with van der Waals surface area (Å²) in [6.07, 6.45) is 6.51. The summed E-state index contributed by atoms with van der Waals surface area (Å²) in [4.78, 5) is 4.29. The number of rotatable bonds is 7. The summed E-state index contributed by atoms with van der Waals surface area (Å²) in [7, 11) is 0. The van der Waals surface area contributed by atoms with Gasteiger partial charge in [0.2, 0.25) is 5.88 Å². The second kappa shape index (κ2) is 8.45. The summed E-state index contributed by atoms with van der Waals surface area (Å²) in [5.41, 5.74) is 1.07. The maximum atomic E-state index is 6.20. The second-order valence-corrected chi connectivity index (χ2v) is 5.51. The number of ether oxygens (including phenoxy) is 2. The van der Waals surface area contributed by atoms with Crippen LogP contribution in [0.1, 0.15) is 38.2 Å². The molecule has 0 amide bonds. The molecule has 1 fully saturated rings. The Bertz CT molecular complexity index is 409. The topological polar surface area (TPSA) is 43.4 Å². The standard InChI is InChI=1S/C15H23ClN2O2/c1-2-6-17-9-12-8-14(16)15(18-10-12)20-11-13-5-3-4-7-19-13/h8,10,13,17H,2-7,9,11H2,1H3. The van der Waals surface area contributed by atoms with E-state index in [0.717, 1.165) is 44.5 Å². The van der Waals surface area contributed by atoms with E-state index < -0.39 is 0 Å². The normalized spacial score (nSPS) is 19.0. The Morgan fingerprint density at radius 3 is 3.10 bits per heavy atom. The van der Waals surface area contributed by atoms with Gasteiger partial charge in [0.05, 0.1) is 6.10 Å². The van der Waals surface area contributed by atoms with Crippen LogP contribution >= 0.6 is 11.6 Å². The summed E-state index contributed by atoms with van der Waals surface area (Å²) in [6, 6.07) is 1.91. The van der Waals surface area contributed by atoms with Crippen molar-refractivity contribution in [3.05, 3.63) is 22.8 Å². The van der Waals surface area contributed by atoms with Gasteiger partial charge in [-0.1, -0.05) is 18.5 Å². The SMILES string of the molecule is CCCNCc1cnc(OCC2CCCCO2)c(Cl)c1. The molecule has 1 unspecified atom stereocenters. The molecule has 5 heteroatoms. The Morgan fingerprint density at radius 2 is 2.40 bits per heavy atom. The zero-order valence-corrected chi connectivity index (χ0v) is 12.8. The molecule has 0 saturated carbocycles. The molecule has 112 valence electrons. The first-order valence-corrected chi connectivity index (χ1v) is 7.77. The fourth-order valence-corrected chi connectivity index (χ4v) is 2.43. The van der Waals surface area contributed by atoms with Gasteiger partial charge in [0, 0.05) is 19.3 Å². The predicted octanol–water partition coefficient (Wildman–Crippen LogP) is 3.18. The number of nitrogens with zero attached hydrogens (tertiary/aromatic N) is 1. The van der Waals surface area contributed by atoms with Crippen molar-refractivity contribution in [3.63, 3.8) is 0 Å². The fourth-order valence-electron chi connectivity index (χ4n) is 2.19. The largest absolute Gasteiger partial charge is 0.474 e. The Balaban J connectivity index is 1.82. The Hall–Kier alpha value is -0.840. The van der Waals surface area contributed by atoms with E-state index in [2.05, 4.69) is 17.2 Å². The average Bonchev–Trinajstić information content (AvgIpc) is 2.48. The lowest BCUT2D eigenvalue weighted by Crippen LogP contribution is -2.26. The van der Waals surface area contributed by atoms with E-state index in [1.807, 2.05) is 12.3 Å². The maximum Gasteiger partial charge on any atom is 0.232 e. The molecular formula is C15H23ClN2O2. The number of hydrogen-bond donors (Lipinski definition) is 1. The van der Waals surface area contributed by atoms with Crippen LogP contribution in [0.2, 0.25) is 5.02 Å². The lowest BCUT2D eigenvalue weighted by atomic mass is 10.1. The Morgan fingerprint density at radius 1 is 1.50 bits per heavy atom. The molecule has 1 atom stereocenters. The molecule has 4 nitrogen and oxygen atoms in total. The van der Waals surface area contributed by atoms with Gasteiger partial charge in [0.25, 0.3) is 0 Å². The fraction of sp³-hybridized carbons (Fsp3) is 0.667. The first-order chi connectivity index (χ1) is 9.79. The third kappa shape index (κ3) is 4.93. The molecule has 2 heterocycles. The lowest BCUT2D eigenvalue weighted by Gasteiger charge is -2.22. The van der Waals surface area contributed by atoms with Crippen LogP contribution in [-0.2, 0) is 11.3 Å². The minimum Gasteiger partial charge on any atom is -0.474 e. The van der Waals surface area contributed by atoms with Crippen molar-refractivity contribution < 1.29 is 9.47 Å². The number of nitrogens with one attached hydrogen (secondary N) is 1. The molecule has 1 aliphatic rings. The molecule has 1 aromatic heterocycles. The molecule has 1 saturated heterocycles. The molecule has 1 N–H and O–H groups in total. The number of pyridine rings is 1. The van der Waals surface area contributed by atoms with Crippen molar-refractivity contribution in [3.8, 4) is 5.88 Å². The first-order valence-electron chi connectivity index (χ1n) is 7.39. The van der Waals surface area contributed by atoms with Crippen LogP contribution in [0.25, 0.3) is 0 Å². The van der Waals surface area contributed by atoms with Crippen molar-refractivity contribution in [1.82, 2.24) is 10.3 Å². The van der Waals surface area contributed by atoms with E-state index in [9.17, 15) is 0 Å². The molecule has 0 aromatic carbocycles. The molecule has 1 aromatic rings. The van der Waals surface area contributed by atoms with E-state index in [0.29, 0.717) is 17.5 Å². The van der Waals surface area contributed by atoms with E-state index >= 15 is 0 Å². The van der Waals surface area contributed by atoms with Crippen LogP contribution in [0.5, 0.6) is 5.88 Å². The molecule has 0 bridgehead atoms. The van der Waals surface area contributed by atoms with Crippen molar-refractivity contribution >= 4 is 11.6 Å². The van der Waals surface area contributed by atoms with Gasteiger partial charge in [0.15, 0.2) is 0 Å². The van der Waals surface area contributed by atoms with Gasteiger partial charge in [-0.3, -0.25) is 0 Å². The molecule has 2 rings (SSSR count). The van der Waals surface area contributed by atoms with Gasteiger partial charge in [-0.25, -0.2) is 4.98 Å². The molecule has 0 aliphatic carbocycles. The summed E-state index contributed by atoms with van der Waals surface area (Å²) in [6.45, 7) is 5.28. The highest BCUT2D eigenvalue weighted by Gasteiger charge is 2.15.